The van der Waals surface area contributed by atoms with Gasteiger partial charge in [0.2, 0.25) is 5.78 Å². The van der Waals surface area contributed by atoms with Crippen molar-refractivity contribution in [3.8, 4) is 0 Å². The predicted octanol–water partition coefficient (Wildman–Crippen LogP) is 3.29. The Labute approximate surface area is 171 Å². The summed E-state index contributed by atoms with van der Waals surface area (Å²) < 4.78 is 6.41. The smallest absolute Gasteiger partial charge is 0.339 e. The van der Waals surface area contributed by atoms with Crippen LogP contribution in [0.5, 0.6) is 0 Å². The maximum atomic E-state index is 12.8. The Kier molecular flexibility index (Phi) is 5.52. The zero-order valence-electron chi connectivity index (χ0n) is 16.7. The Morgan fingerprint density at radius 2 is 1.55 bits per heavy atom. The summed E-state index contributed by atoms with van der Waals surface area (Å²) in [6.07, 6.45) is 2.11. The van der Waals surface area contributed by atoms with Crippen molar-refractivity contribution < 1.29 is 23.9 Å². The lowest BCUT2D eigenvalue weighted by molar-refractivity contribution is -0.941. The molecular weight excluding hydrogens is 366 g/mol. The third-order valence-electron chi connectivity index (χ3n) is 6.77. The Hall–Kier alpha value is -2.50. The zero-order chi connectivity index (χ0) is 20.4. The Bertz CT molecular complexity index is 853. The van der Waals surface area contributed by atoms with Gasteiger partial charge in [-0.25, -0.2) is 4.79 Å². The Morgan fingerprint density at radius 1 is 1.00 bits per heavy atom. The number of benzene rings is 2. The van der Waals surface area contributed by atoms with E-state index in [1.54, 1.807) is 24.3 Å². The first-order chi connectivity index (χ1) is 14.0. The minimum absolute atomic E-state index is 0.167. The number of rotatable bonds is 6. The van der Waals surface area contributed by atoms with E-state index in [1.807, 2.05) is 36.4 Å². The molecule has 5 nitrogen and oxygen atoms in total. The lowest BCUT2D eigenvalue weighted by Crippen LogP contribution is -2.60. The molecule has 152 valence electrons. The van der Waals surface area contributed by atoms with Crippen LogP contribution in [0.25, 0.3) is 0 Å². The molecule has 2 heterocycles. The van der Waals surface area contributed by atoms with Crippen molar-refractivity contribution in [1.82, 2.24) is 0 Å². The summed E-state index contributed by atoms with van der Waals surface area (Å²) in [7, 11) is 2.17. The highest BCUT2D eigenvalue weighted by molar-refractivity contribution is 5.97. The van der Waals surface area contributed by atoms with Crippen LogP contribution < -0.4 is 0 Å². The number of quaternary nitrogens is 1. The van der Waals surface area contributed by atoms with E-state index in [9.17, 15) is 14.7 Å². The molecule has 1 N–H and O–H groups in total. The minimum atomic E-state index is -1.25. The molecule has 2 aliphatic heterocycles. The van der Waals surface area contributed by atoms with Crippen molar-refractivity contribution in [2.75, 3.05) is 13.6 Å². The first-order valence-electron chi connectivity index (χ1n) is 10.3. The van der Waals surface area contributed by atoms with Crippen molar-refractivity contribution in [2.24, 2.45) is 0 Å². The van der Waals surface area contributed by atoms with Gasteiger partial charge in [-0.15, -0.1) is 0 Å². The topological polar surface area (TPSA) is 63.6 Å². The van der Waals surface area contributed by atoms with Crippen molar-refractivity contribution in [3.05, 3.63) is 71.8 Å². The van der Waals surface area contributed by atoms with Gasteiger partial charge in [0.05, 0.1) is 19.1 Å². The number of carbonyl (C=O) groups excluding carboxylic acids is 2. The summed E-state index contributed by atoms with van der Waals surface area (Å²) in [6, 6.07) is 18.9. The maximum absolute atomic E-state index is 12.8. The minimum Gasteiger partial charge on any atom is -0.460 e. The normalized spacial score (nSPS) is 29.2. The quantitative estimate of drug-likeness (QED) is 0.464. The molecule has 4 rings (SSSR count). The first-order valence-corrected chi connectivity index (χ1v) is 10.3. The SMILES string of the molecule is C[N+]1(CC(=O)c2ccccc2)[C@@H]2CC[C@H]1CC(OC(=O)[C@@H](O)c1ccccc1)C2. The zero-order valence-corrected chi connectivity index (χ0v) is 16.7. The summed E-state index contributed by atoms with van der Waals surface area (Å²) in [6.45, 7) is 0.479. The van der Waals surface area contributed by atoms with Gasteiger partial charge in [0.25, 0.3) is 0 Å². The first kappa shape index (κ1) is 19.8. The number of hydrogen-bond acceptors (Lipinski definition) is 4. The van der Waals surface area contributed by atoms with Crippen LogP contribution in [-0.4, -0.2) is 53.1 Å². The van der Waals surface area contributed by atoms with E-state index in [0.717, 1.165) is 35.7 Å². The summed E-state index contributed by atoms with van der Waals surface area (Å²) in [5.41, 5.74) is 1.30. The van der Waals surface area contributed by atoms with Crippen LogP contribution >= 0.6 is 0 Å². The molecular formula is C24H28NO4+. The van der Waals surface area contributed by atoms with Crippen molar-refractivity contribution in [1.29, 1.82) is 0 Å². The summed E-state index contributed by atoms with van der Waals surface area (Å²) in [5.74, 6) is -0.419. The molecule has 5 atom stereocenters. The summed E-state index contributed by atoms with van der Waals surface area (Å²) >= 11 is 0. The molecule has 5 heteroatoms. The van der Waals surface area contributed by atoms with Gasteiger partial charge in [-0.2, -0.15) is 0 Å². The second-order valence-electron chi connectivity index (χ2n) is 8.52. The molecule has 0 amide bonds. The molecule has 0 saturated carbocycles. The number of likely N-dealkylation sites (N-methyl/N-ethyl adjacent to an activating group) is 1. The molecule has 2 fully saturated rings. The monoisotopic (exact) mass is 394 g/mol. The molecule has 0 spiro atoms. The molecule has 0 aromatic heterocycles. The number of Topliss-reactive ketones (excluding diaryl/α,β-unsaturated/α-hetero) is 1. The van der Waals surface area contributed by atoms with Crippen LogP contribution in [0.4, 0.5) is 0 Å². The molecule has 2 aliphatic rings. The highest BCUT2D eigenvalue weighted by Crippen LogP contribution is 2.42. The number of hydrogen-bond donors (Lipinski definition) is 1. The van der Waals surface area contributed by atoms with Gasteiger partial charge >= 0.3 is 5.97 Å². The van der Waals surface area contributed by atoms with E-state index >= 15 is 0 Å². The summed E-state index contributed by atoms with van der Waals surface area (Å²) in [5, 5.41) is 10.3. The highest BCUT2D eigenvalue weighted by Gasteiger charge is 2.53. The van der Waals surface area contributed by atoms with Crippen LogP contribution in [0.3, 0.4) is 0 Å². The lowest BCUT2D eigenvalue weighted by Gasteiger charge is -2.46. The molecule has 2 unspecified atom stereocenters. The third kappa shape index (κ3) is 3.98. The van der Waals surface area contributed by atoms with E-state index in [2.05, 4.69) is 7.05 Å². The van der Waals surface area contributed by atoms with E-state index < -0.39 is 12.1 Å². The van der Waals surface area contributed by atoms with Crippen LogP contribution in [0.1, 0.15) is 47.7 Å². The maximum Gasteiger partial charge on any atom is 0.339 e. The Balaban J connectivity index is 1.40. The largest absolute Gasteiger partial charge is 0.460 e. The van der Waals surface area contributed by atoms with Crippen LogP contribution in [0, 0.1) is 0 Å². The number of aliphatic hydroxyl groups excluding tert-OH is 1. The van der Waals surface area contributed by atoms with Gasteiger partial charge < -0.3 is 14.3 Å². The Morgan fingerprint density at radius 3 is 2.14 bits per heavy atom. The van der Waals surface area contributed by atoms with Gasteiger partial charge in [-0.3, -0.25) is 4.79 Å². The number of ketones is 1. The van der Waals surface area contributed by atoms with Gasteiger partial charge in [-0.1, -0.05) is 60.7 Å². The standard InChI is InChI=1S/C24H28NO4/c1-25(16-22(26)17-8-4-2-5-9-17)19-12-13-20(25)15-21(14-19)29-24(28)23(27)18-10-6-3-7-11-18/h2-11,19-21,23,27H,12-16H2,1H3/q+1/t19-,20+,21?,23-,25?/m0/s1. The van der Waals surface area contributed by atoms with Gasteiger partial charge in [-0.05, 0) is 5.56 Å². The second kappa shape index (κ2) is 8.09. The number of ether oxygens (including phenoxy) is 1. The predicted molar refractivity (Wildman–Crippen MR) is 109 cm³/mol. The van der Waals surface area contributed by atoms with Crippen molar-refractivity contribution in [2.45, 2.75) is 50.0 Å². The molecule has 2 aromatic carbocycles. The third-order valence-corrected chi connectivity index (χ3v) is 6.77. The molecule has 29 heavy (non-hydrogen) atoms. The van der Waals surface area contributed by atoms with E-state index in [1.165, 1.54) is 0 Å². The molecule has 0 aliphatic carbocycles. The van der Waals surface area contributed by atoms with Crippen molar-refractivity contribution in [3.63, 3.8) is 0 Å². The lowest BCUT2D eigenvalue weighted by atomic mass is 9.95. The van der Waals surface area contributed by atoms with Gasteiger partial charge in [0.1, 0.15) is 12.6 Å². The number of aliphatic hydroxyl groups is 1. The highest BCUT2D eigenvalue weighted by atomic mass is 16.6. The van der Waals surface area contributed by atoms with Gasteiger partial charge in [0.15, 0.2) is 6.10 Å². The van der Waals surface area contributed by atoms with Gasteiger partial charge in [0, 0.05) is 31.2 Å². The van der Waals surface area contributed by atoms with E-state index in [0.29, 0.717) is 24.2 Å². The molecule has 2 aromatic rings. The van der Waals surface area contributed by atoms with Crippen molar-refractivity contribution >= 4 is 11.8 Å². The number of nitrogens with zero attached hydrogens (tertiary/aromatic N) is 1. The van der Waals surface area contributed by atoms with Crippen LogP contribution in [-0.2, 0) is 9.53 Å². The van der Waals surface area contributed by atoms with Crippen LogP contribution in [0.2, 0.25) is 0 Å². The molecule has 0 radical (unpaired) electrons. The van der Waals surface area contributed by atoms with E-state index in [4.69, 9.17) is 4.74 Å². The number of esters is 1. The summed E-state index contributed by atoms with van der Waals surface area (Å²) in [4.78, 5) is 25.2. The van der Waals surface area contributed by atoms with E-state index in [-0.39, 0.29) is 11.9 Å². The fourth-order valence-electron chi connectivity index (χ4n) is 5.07. The second-order valence-corrected chi connectivity index (χ2v) is 8.52. The fraction of sp³-hybridized carbons (Fsp3) is 0.417. The van der Waals surface area contributed by atoms with Crippen LogP contribution in [0.15, 0.2) is 60.7 Å². The molecule has 2 saturated heterocycles. The number of piperidine rings is 1. The number of fused-ring (bicyclic) bond motifs is 2. The fourth-order valence-corrected chi connectivity index (χ4v) is 5.07. The average Bonchev–Trinajstić information content (AvgIpc) is 2.91. The number of carbonyl (C=O) groups is 2. The average molecular weight is 394 g/mol. The molecule has 2 bridgehead atoms.